The minimum atomic E-state index is -0.387. The largest absolute Gasteiger partial charge is 0.393 e. The number of hydrogen-bond donors (Lipinski definition) is 2. The molecule has 25 heavy (non-hydrogen) atoms. The lowest BCUT2D eigenvalue weighted by Gasteiger charge is -2.33. The second kappa shape index (κ2) is 7.70. The molecule has 6 heteroatoms. The van der Waals surface area contributed by atoms with Gasteiger partial charge in [0.15, 0.2) is 5.82 Å². The van der Waals surface area contributed by atoms with Crippen LogP contribution < -0.4 is 5.32 Å². The van der Waals surface area contributed by atoms with Crippen molar-refractivity contribution in [2.45, 2.75) is 38.8 Å². The number of amides is 2. The van der Waals surface area contributed by atoms with E-state index in [-0.39, 0.29) is 24.1 Å². The summed E-state index contributed by atoms with van der Waals surface area (Å²) < 4.78 is 1.85. The van der Waals surface area contributed by atoms with Gasteiger partial charge in [0.2, 0.25) is 0 Å². The fraction of sp³-hybridized carbons (Fsp3) is 0.474. The highest BCUT2D eigenvalue weighted by Crippen LogP contribution is 2.21. The monoisotopic (exact) mass is 342 g/mol. The smallest absolute Gasteiger partial charge is 0.323 e. The van der Waals surface area contributed by atoms with Crippen molar-refractivity contribution in [2.75, 3.05) is 18.4 Å². The average molecular weight is 342 g/mol. The van der Waals surface area contributed by atoms with E-state index in [0.29, 0.717) is 12.4 Å². The molecule has 1 aromatic carbocycles. The molecule has 0 spiro atoms. The van der Waals surface area contributed by atoms with E-state index in [9.17, 15) is 9.90 Å². The van der Waals surface area contributed by atoms with Crippen molar-refractivity contribution in [3.8, 4) is 0 Å². The van der Waals surface area contributed by atoms with Crippen LogP contribution in [0.2, 0.25) is 0 Å². The first-order valence-electron chi connectivity index (χ1n) is 8.88. The molecule has 0 aliphatic carbocycles. The Morgan fingerprint density at radius 3 is 2.76 bits per heavy atom. The van der Waals surface area contributed by atoms with E-state index < -0.39 is 0 Å². The number of likely N-dealkylation sites (tertiary alicyclic amines) is 1. The van der Waals surface area contributed by atoms with Crippen LogP contribution in [0.3, 0.4) is 0 Å². The Morgan fingerprint density at radius 2 is 2.04 bits per heavy atom. The lowest BCUT2D eigenvalue weighted by atomic mass is 9.94. The Balaban J connectivity index is 1.62. The lowest BCUT2D eigenvalue weighted by Crippen LogP contribution is -2.44. The molecule has 134 valence electrons. The van der Waals surface area contributed by atoms with E-state index in [0.717, 1.165) is 19.4 Å². The van der Waals surface area contributed by atoms with E-state index in [2.05, 4.69) is 29.5 Å². The van der Waals surface area contributed by atoms with E-state index in [1.165, 1.54) is 5.56 Å². The molecule has 1 saturated heterocycles. The normalized spacial score (nSPS) is 20.1. The fourth-order valence-electron chi connectivity index (χ4n) is 3.28. The Bertz CT molecular complexity index is 698. The number of aliphatic hydroxyl groups excluding tert-OH is 1. The second-order valence-electron chi connectivity index (χ2n) is 6.79. The number of aliphatic hydroxyl groups is 1. The summed E-state index contributed by atoms with van der Waals surface area (Å²) in [6.07, 6.45) is 3.37. The van der Waals surface area contributed by atoms with Crippen molar-refractivity contribution in [3.63, 3.8) is 0 Å². The molecule has 2 amide bonds. The summed E-state index contributed by atoms with van der Waals surface area (Å²) in [5.41, 5.74) is 1.17. The standard InChI is InChI=1S/C19H26N4O2/c1-14(16-7-4-3-5-8-16)23-12-10-18(21-23)20-19(25)22-11-6-9-17(13-22)15(2)24/h3-5,7-8,10,12,14-15,17,24H,6,9,11,13H2,1-2H3,(H,20,21,25). The summed E-state index contributed by atoms with van der Waals surface area (Å²) in [4.78, 5) is 14.2. The third-order valence-electron chi connectivity index (χ3n) is 4.95. The number of benzene rings is 1. The van der Waals surface area contributed by atoms with Crippen LogP contribution >= 0.6 is 0 Å². The average Bonchev–Trinajstić information content (AvgIpc) is 3.10. The molecule has 1 fully saturated rings. The van der Waals surface area contributed by atoms with E-state index in [1.807, 2.05) is 35.1 Å². The molecule has 3 unspecified atom stereocenters. The van der Waals surface area contributed by atoms with Crippen LogP contribution in [0.15, 0.2) is 42.6 Å². The predicted molar refractivity (Wildman–Crippen MR) is 97.5 cm³/mol. The third kappa shape index (κ3) is 4.20. The highest BCUT2D eigenvalue weighted by molar-refractivity contribution is 5.88. The van der Waals surface area contributed by atoms with Crippen molar-refractivity contribution < 1.29 is 9.90 Å². The molecule has 2 N–H and O–H groups in total. The van der Waals surface area contributed by atoms with Gasteiger partial charge in [0.25, 0.3) is 0 Å². The number of nitrogens with one attached hydrogen (secondary N) is 1. The first kappa shape index (κ1) is 17.5. The quantitative estimate of drug-likeness (QED) is 0.897. The molecular formula is C19H26N4O2. The Labute approximate surface area is 148 Å². The molecule has 6 nitrogen and oxygen atoms in total. The lowest BCUT2D eigenvalue weighted by molar-refractivity contribution is 0.0766. The number of hydrogen-bond acceptors (Lipinski definition) is 3. The van der Waals surface area contributed by atoms with Crippen LogP contribution in [0.1, 0.15) is 38.3 Å². The summed E-state index contributed by atoms with van der Waals surface area (Å²) in [5, 5.41) is 17.1. The number of piperidine rings is 1. The second-order valence-corrected chi connectivity index (χ2v) is 6.79. The van der Waals surface area contributed by atoms with E-state index in [1.54, 1.807) is 11.8 Å². The molecular weight excluding hydrogens is 316 g/mol. The van der Waals surface area contributed by atoms with Gasteiger partial charge in [-0.25, -0.2) is 4.79 Å². The van der Waals surface area contributed by atoms with Gasteiger partial charge in [-0.05, 0) is 32.3 Å². The maximum Gasteiger partial charge on any atom is 0.323 e. The van der Waals surface area contributed by atoms with Gasteiger partial charge in [-0.1, -0.05) is 30.3 Å². The van der Waals surface area contributed by atoms with Crippen molar-refractivity contribution in [3.05, 3.63) is 48.2 Å². The molecule has 3 atom stereocenters. The van der Waals surface area contributed by atoms with Gasteiger partial charge in [-0.3, -0.25) is 10.00 Å². The number of carbonyl (C=O) groups is 1. The molecule has 3 rings (SSSR count). The zero-order chi connectivity index (χ0) is 17.8. The van der Waals surface area contributed by atoms with Crippen molar-refractivity contribution >= 4 is 11.8 Å². The van der Waals surface area contributed by atoms with Crippen LogP contribution in [0.5, 0.6) is 0 Å². The highest BCUT2D eigenvalue weighted by Gasteiger charge is 2.26. The molecule has 0 saturated carbocycles. The van der Waals surface area contributed by atoms with Crippen molar-refractivity contribution in [1.82, 2.24) is 14.7 Å². The molecule has 1 aromatic heterocycles. The van der Waals surface area contributed by atoms with Crippen molar-refractivity contribution in [1.29, 1.82) is 0 Å². The SMILES string of the molecule is CC(O)C1CCCN(C(=O)Nc2ccn(C(C)c3ccccc3)n2)C1. The van der Waals surface area contributed by atoms with Gasteiger partial charge in [-0.15, -0.1) is 0 Å². The maximum atomic E-state index is 12.5. The van der Waals surface area contributed by atoms with E-state index >= 15 is 0 Å². The van der Waals surface area contributed by atoms with Crippen LogP contribution in [0, 0.1) is 5.92 Å². The zero-order valence-corrected chi connectivity index (χ0v) is 14.8. The van der Waals surface area contributed by atoms with E-state index in [4.69, 9.17) is 0 Å². The van der Waals surface area contributed by atoms with Gasteiger partial charge >= 0.3 is 6.03 Å². The Morgan fingerprint density at radius 1 is 1.28 bits per heavy atom. The molecule has 2 heterocycles. The van der Waals surface area contributed by atoms with Gasteiger partial charge in [0.1, 0.15) is 0 Å². The van der Waals surface area contributed by atoms with Crippen LogP contribution in [0.4, 0.5) is 10.6 Å². The highest BCUT2D eigenvalue weighted by atomic mass is 16.3. The number of aromatic nitrogens is 2. The minimum Gasteiger partial charge on any atom is -0.393 e. The van der Waals surface area contributed by atoms with Gasteiger partial charge < -0.3 is 10.0 Å². The van der Waals surface area contributed by atoms with Crippen LogP contribution in [-0.2, 0) is 0 Å². The number of carbonyl (C=O) groups excluding carboxylic acids is 1. The predicted octanol–water partition coefficient (Wildman–Crippen LogP) is 3.12. The van der Waals surface area contributed by atoms with Gasteiger partial charge in [-0.2, -0.15) is 5.10 Å². The van der Waals surface area contributed by atoms with Gasteiger partial charge in [0.05, 0.1) is 12.1 Å². The molecule has 2 aromatic rings. The van der Waals surface area contributed by atoms with Crippen molar-refractivity contribution in [2.24, 2.45) is 5.92 Å². The number of urea groups is 1. The third-order valence-corrected chi connectivity index (χ3v) is 4.95. The molecule has 0 bridgehead atoms. The first-order valence-corrected chi connectivity index (χ1v) is 8.88. The summed E-state index contributed by atoms with van der Waals surface area (Å²) >= 11 is 0. The zero-order valence-electron chi connectivity index (χ0n) is 14.8. The minimum absolute atomic E-state index is 0.0986. The topological polar surface area (TPSA) is 70.4 Å². The van der Waals surface area contributed by atoms with Crippen LogP contribution in [-0.4, -0.2) is 45.0 Å². The molecule has 1 aliphatic rings. The number of anilines is 1. The molecule has 1 aliphatic heterocycles. The maximum absolute atomic E-state index is 12.5. The summed E-state index contributed by atoms with van der Waals surface area (Å²) in [7, 11) is 0. The van der Waals surface area contributed by atoms with Gasteiger partial charge in [0, 0.05) is 31.3 Å². The Kier molecular flexibility index (Phi) is 5.38. The summed E-state index contributed by atoms with van der Waals surface area (Å²) in [5.74, 6) is 0.696. The number of rotatable bonds is 4. The summed E-state index contributed by atoms with van der Waals surface area (Å²) in [6.45, 7) is 5.17. The number of nitrogens with zero attached hydrogens (tertiary/aromatic N) is 3. The summed E-state index contributed by atoms with van der Waals surface area (Å²) in [6, 6.07) is 11.9. The molecule has 0 radical (unpaired) electrons. The van der Waals surface area contributed by atoms with Crippen LogP contribution in [0.25, 0.3) is 0 Å². The Hall–Kier alpha value is -2.34. The fourth-order valence-corrected chi connectivity index (χ4v) is 3.28. The first-order chi connectivity index (χ1) is 12.0.